The van der Waals surface area contributed by atoms with E-state index in [-0.39, 0.29) is 28.6 Å². The van der Waals surface area contributed by atoms with Gasteiger partial charge in [0.05, 0.1) is 10.6 Å². The van der Waals surface area contributed by atoms with Crippen LogP contribution in [0.3, 0.4) is 0 Å². The minimum atomic E-state index is -3.84. The van der Waals surface area contributed by atoms with Crippen LogP contribution in [0.25, 0.3) is 11.3 Å². The van der Waals surface area contributed by atoms with Gasteiger partial charge in [-0.2, -0.15) is 0 Å². The van der Waals surface area contributed by atoms with Gasteiger partial charge in [0.25, 0.3) is 0 Å². The van der Waals surface area contributed by atoms with E-state index in [2.05, 4.69) is 37.0 Å². The van der Waals surface area contributed by atoms with Gasteiger partial charge >= 0.3 is 0 Å². The minimum absolute atomic E-state index is 0.0326. The highest BCUT2D eigenvalue weighted by Crippen LogP contribution is 2.44. The average Bonchev–Trinajstić information content (AvgIpc) is 3.29. The number of fused-ring (bicyclic) bond motifs is 2. The highest BCUT2D eigenvalue weighted by atomic mass is 32.2. The molecule has 0 bridgehead atoms. The maximum atomic E-state index is 13.7. The molecule has 1 aliphatic heterocycles. The Morgan fingerprint density at radius 3 is 2.56 bits per heavy atom. The lowest BCUT2D eigenvalue weighted by molar-refractivity contribution is -0.122. The molecular weight excluding hydrogens is 422 g/mol. The lowest BCUT2D eigenvalue weighted by Crippen LogP contribution is -2.36. The van der Waals surface area contributed by atoms with Gasteiger partial charge in [-0.05, 0) is 59.4 Å². The number of hydrogen-bond donors (Lipinski definition) is 1. The number of rotatable bonds is 3. The summed E-state index contributed by atoms with van der Waals surface area (Å²) in [5.74, 6) is 0.0555. The highest BCUT2D eigenvalue weighted by Gasteiger charge is 2.40. The van der Waals surface area contributed by atoms with E-state index in [0.717, 1.165) is 16.8 Å². The lowest BCUT2D eigenvalue weighted by Gasteiger charge is -2.24. The third-order valence-electron chi connectivity index (χ3n) is 6.83. The molecule has 1 amide bonds. The van der Waals surface area contributed by atoms with Gasteiger partial charge < -0.3 is 4.90 Å². The Morgan fingerprint density at radius 2 is 1.84 bits per heavy atom. The van der Waals surface area contributed by atoms with Gasteiger partial charge in [0, 0.05) is 35.8 Å². The van der Waals surface area contributed by atoms with E-state index in [0.29, 0.717) is 18.7 Å². The van der Waals surface area contributed by atoms with Crippen LogP contribution in [0.2, 0.25) is 0 Å². The summed E-state index contributed by atoms with van der Waals surface area (Å²) in [5, 5.41) is 5.33. The van der Waals surface area contributed by atoms with Crippen molar-refractivity contribution in [2.24, 2.45) is 11.1 Å². The maximum absolute atomic E-state index is 13.7. The molecule has 0 fully saturated rings. The molecule has 2 aliphatic rings. The van der Waals surface area contributed by atoms with Crippen LogP contribution in [0, 0.1) is 5.92 Å². The minimum Gasteiger partial charge on any atom is -0.311 e. The molecule has 164 valence electrons. The first-order valence-electron chi connectivity index (χ1n) is 10.8. The zero-order chi connectivity index (χ0) is 22.6. The Labute approximate surface area is 188 Å². The van der Waals surface area contributed by atoms with Gasteiger partial charge in [0.1, 0.15) is 0 Å². The third kappa shape index (κ3) is 3.42. The standard InChI is InChI=1S/C25H25N3O3S/c1-15-14-28(24-13-19(32(26,30)31)7-9-20(15)24)25(29)22-12-18-11-17(6-8-21(18)16(22)2)23-5-3-4-10-27-23/h3-11,13,15-16,22H,12,14H2,1-2H3,(H2,26,30,31)/t15?,16-,22+/m0/s1. The van der Waals surface area contributed by atoms with Crippen LogP contribution in [-0.4, -0.2) is 25.9 Å². The second-order valence-electron chi connectivity index (χ2n) is 8.84. The Bertz CT molecular complexity index is 1320. The first kappa shape index (κ1) is 20.8. The Balaban J connectivity index is 1.46. The summed E-state index contributed by atoms with van der Waals surface area (Å²) in [5.41, 5.74) is 5.95. The number of benzene rings is 2. The fourth-order valence-electron chi connectivity index (χ4n) is 5.08. The zero-order valence-corrected chi connectivity index (χ0v) is 18.8. The van der Waals surface area contributed by atoms with E-state index >= 15 is 0 Å². The summed E-state index contributed by atoms with van der Waals surface area (Å²) < 4.78 is 23.7. The van der Waals surface area contributed by atoms with Crippen molar-refractivity contribution in [3.8, 4) is 11.3 Å². The van der Waals surface area contributed by atoms with Crippen molar-refractivity contribution in [3.05, 3.63) is 77.5 Å². The second-order valence-corrected chi connectivity index (χ2v) is 10.4. The number of hydrogen-bond acceptors (Lipinski definition) is 4. The quantitative estimate of drug-likeness (QED) is 0.660. The van der Waals surface area contributed by atoms with Crippen molar-refractivity contribution >= 4 is 21.6 Å². The maximum Gasteiger partial charge on any atom is 0.238 e. The average molecular weight is 448 g/mol. The van der Waals surface area contributed by atoms with Crippen LogP contribution in [0.15, 0.2) is 65.7 Å². The molecule has 0 saturated heterocycles. The number of amides is 1. The van der Waals surface area contributed by atoms with E-state index < -0.39 is 10.0 Å². The fraction of sp³-hybridized carbons (Fsp3) is 0.280. The molecule has 1 aromatic heterocycles. The molecule has 6 nitrogen and oxygen atoms in total. The van der Waals surface area contributed by atoms with Crippen LogP contribution < -0.4 is 10.0 Å². The first-order valence-corrected chi connectivity index (χ1v) is 12.3. The molecular formula is C25H25N3O3S. The summed E-state index contributed by atoms with van der Waals surface area (Å²) in [6.07, 6.45) is 2.43. The van der Waals surface area contributed by atoms with Crippen LogP contribution in [0.4, 0.5) is 5.69 Å². The second kappa shape index (κ2) is 7.53. The molecule has 3 atom stereocenters. The zero-order valence-electron chi connectivity index (χ0n) is 18.0. The number of carbonyl (C=O) groups excluding carboxylic acids is 1. The number of primary sulfonamides is 1. The van der Waals surface area contributed by atoms with Gasteiger partial charge in [0.15, 0.2) is 0 Å². The topological polar surface area (TPSA) is 93.4 Å². The Hall–Kier alpha value is -3.03. The van der Waals surface area contributed by atoms with E-state index in [1.807, 2.05) is 18.2 Å². The number of pyridine rings is 1. The summed E-state index contributed by atoms with van der Waals surface area (Å²) in [6.45, 7) is 4.69. The third-order valence-corrected chi connectivity index (χ3v) is 7.74. The largest absolute Gasteiger partial charge is 0.311 e. The van der Waals surface area contributed by atoms with Crippen LogP contribution >= 0.6 is 0 Å². The molecule has 0 spiro atoms. The smallest absolute Gasteiger partial charge is 0.238 e. The van der Waals surface area contributed by atoms with E-state index in [1.165, 1.54) is 23.3 Å². The normalized spacial score (nSPS) is 22.0. The highest BCUT2D eigenvalue weighted by molar-refractivity contribution is 7.89. The predicted octanol–water partition coefficient (Wildman–Crippen LogP) is 3.82. The van der Waals surface area contributed by atoms with Crippen molar-refractivity contribution in [3.63, 3.8) is 0 Å². The summed E-state index contributed by atoms with van der Waals surface area (Å²) in [6, 6.07) is 17.0. The van der Waals surface area contributed by atoms with Gasteiger partial charge in [0.2, 0.25) is 15.9 Å². The molecule has 1 unspecified atom stereocenters. The molecule has 2 N–H and O–H groups in total. The fourth-order valence-corrected chi connectivity index (χ4v) is 5.62. The first-order chi connectivity index (χ1) is 15.2. The summed E-state index contributed by atoms with van der Waals surface area (Å²) in [4.78, 5) is 19.9. The van der Waals surface area contributed by atoms with Crippen molar-refractivity contribution in [2.75, 3.05) is 11.4 Å². The number of carbonyl (C=O) groups is 1. The molecule has 7 heteroatoms. The monoisotopic (exact) mass is 447 g/mol. The Kier molecular flexibility index (Phi) is 4.91. The van der Waals surface area contributed by atoms with Gasteiger partial charge in [-0.3, -0.25) is 9.78 Å². The van der Waals surface area contributed by atoms with Crippen molar-refractivity contribution in [1.29, 1.82) is 0 Å². The van der Waals surface area contributed by atoms with Crippen LogP contribution in [0.5, 0.6) is 0 Å². The van der Waals surface area contributed by atoms with Gasteiger partial charge in [-0.15, -0.1) is 0 Å². The lowest BCUT2D eigenvalue weighted by atomic mass is 9.93. The summed E-state index contributed by atoms with van der Waals surface area (Å²) in [7, 11) is -3.84. The predicted molar refractivity (Wildman–Crippen MR) is 124 cm³/mol. The van der Waals surface area contributed by atoms with Crippen LogP contribution in [-0.2, 0) is 21.2 Å². The van der Waals surface area contributed by atoms with Crippen molar-refractivity contribution < 1.29 is 13.2 Å². The van der Waals surface area contributed by atoms with E-state index in [4.69, 9.17) is 5.14 Å². The molecule has 2 heterocycles. The number of sulfonamides is 1. The van der Waals surface area contributed by atoms with Crippen molar-refractivity contribution in [1.82, 2.24) is 4.98 Å². The molecule has 2 aromatic carbocycles. The number of nitrogens with zero attached hydrogens (tertiary/aromatic N) is 2. The Morgan fingerprint density at radius 1 is 1.06 bits per heavy atom. The molecule has 1 aliphatic carbocycles. The number of nitrogens with two attached hydrogens (primary N) is 1. The molecule has 0 radical (unpaired) electrons. The number of aromatic nitrogens is 1. The van der Waals surface area contributed by atoms with E-state index in [1.54, 1.807) is 17.2 Å². The van der Waals surface area contributed by atoms with Gasteiger partial charge in [-0.1, -0.05) is 38.1 Å². The number of anilines is 1. The van der Waals surface area contributed by atoms with E-state index in [9.17, 15) is 13.2 Å². The molecule has 5 rings (SSSR count). The van der Waals surface area contributed by atoms with Crippen LogP contribution in [0.1, 0.15) is 42.4 Å². The SMILES string of the molecule is CC1CN(C(=O)[C@@H]2Cc3cc(-c4ccccn4)ccc3[C@@H]2C)c2cc(S(N)(=O)=O)ccc21. The molecule has 3 aromatic rings. The molecule has 0 saturated carbocycles. The molecule has 32 heavy (non-hydrogen) atoms. The van der Waals surface area contributed by atoms with Gasteiger partial charge in [-0.25, -0.2) is 13.6 Å². The summed E-state index contributed by atoms with van der Waals surface area (Å²) >= 11 is 0. The van der Waals surface area contributed by atoms with Crippen molar-refractivity contribution in [2.45, 2.75) is 37.0 Å².